The van der Waals surface area contributed by atoms with Crippen molar-refractivity contribution in [1.29, 1.82) is 0 Å². The van der Waals surface area contributed by atoms with E-state index in [-0.39, 0.29) is 11.2 Å². The minimum Gasteiger partial charge on any atom is -0.390 e. The molecule has 0 unspecified atom stereocenters. The van der Waals surface area contributed by atoms with E-state index in [9.17, 15) is 5.11 Å². The van der Waals surface area contributed by atoms with Gasteiger partial charge < -0.3 is 9.84 Å². The zero-order valence-electron chi connectivity index (χ0n) is 11.7. The van der Waals surface area contributed by atoms with Crippen LogP contribution in [0.1, 0.15) is 44.2 Å². The van der Waals surface area contributed by atoms with Crippen LogP contribution in [0, 0.1) is 0 Å². The van der Waals surface area contributed by atoms with Crippen molar-refractivity contribution in [2.45, 2.75) is 57.2 Å². The molecule has 0 aromatic heterocycles. The standard InChI is InChI=1S/C16H24O2/c1-15(2,18-3)9-8-13-4-6-14(7-5-13)12-16(17)10-11-16/h4-7,17H,8-12H2,1-3H3. The fourth-order valence-electron chi connectivity index (χ4n) is 2.07. The van der Waals surface area contributed by atoms with Gasteiger partial charge in [0.05, 0.1) is 11.2 Å². The summed E-state index contributed by atoms with van der Waals surface area (Å²) in [6.45, 7) is 4.23. The Labute approximate surface area is 110 Å². The molecule has 2 nitrogen and oxygen atoms in total. The number of aliphatic hydroxyl groups is 1. The molecule has 1 fully saturated rings. The first-order valence-corrected chi connectivity index (χ1v) is 6.78. The van der Waals surface area contributed by atoms with Crippen molar-refractivity contribution >= 4 is 0 Å². The number of hydrogen-bond donors (Lipinski definition) is 1. The number of rotatable bonds is 6. The highest BCUT2D eigenvalue weighted by atomic mass is 16.5. The van der Waals surface area contributed by atoms with Crippen LogP contribution in [-0.4, -0.2) is 23.4 Å². The van der Waals surface area contributed by atoms with E-state index in [0.29, 0.717) is 0 Å². The molecule has 0 heterocycles. The van der Waals surface area contributed by atoms with E-state index in [1.54, 1.807) is 7.11 Å². The number of methoxy groups -OCH3 is 1. The lowest BCUT2D eigenvalue weighted by molar-refractivity contribution is 0.0158. The predicted molar refractivity (Wildman–Crippen MR) is 73.7 cm³/mol. The summed E-state index contributed by atoms with van der Waals surface area (Å²) in [4.78, 5) is 0. The topological polar surface area (TPSA) is 29.5 Å². The van der Waals surface area contributed by atoms with E-state index in [2.05, 4.69) is 38.1 Å². The molecule has 1 N–H and O–H groups in total. The summed E-state index contributed by atoms with van der Waals surface area (Å²) in [5.74, 6) is 0. The Kier molecular flexibility index (Phi) is 3.79. The molecule has 1 aliphatic rings. The van der Waals surface area contributed by atoms with Gasteiger partial charge in [0.15, 0.2) is 0 Å². The van der Waals surface area contributed by atoms with E-state index in [0.717, 1.165) is 32.1 Å². The van der Waals surface area contributed by atoms with Crippen molar-refractivity contribution in [3.8, 4) is 0 Å². The maximum absolute atomic E-state index is 9.88. The van der Waals surface area contributed by atoms with E-state index in [1.165, 1.54) is 11.1 Å². The van der Waals surface area contributed by atoms with E-state index in [1.807, 2.05) is 0 Å². The van der Waals surface area contributed by atoms with Crippen molar-refractivity contribution in [3.63, 3.8) is 0 Å². The third kappa shape index (κ3) is 3.82. The Morgan fingerprint density at radius 1 is 1.17 bits per heavy atom. The maximum atomic E-state index is 9.88. The highest BCUT2D eigenvalue weighted by molar-refractivity contribution is 5.25. The van der Waals surface area contributed by atoms with Gasteiger partial charge in [-0.15, -0.1) is 0 Å². The summed E-state index contributed by atoms with van der Waals surface area (Å²) >= 11 is 0. The monoisotopic (exact) mass is 248 g/mol. The maximum Gasteiger partial charge on any atom is 0.0690 e. The molecule has 0 spiro atoms. The molecule has 0 atom stereocenters. The molecule has 0 amide bonds. The van der Waals surface area contributed by atoms with Gasteiger partial charge in [0.25, 0.3) is 0 Å². The van der Waals surface area contributed by atoms with E-state index in [4.69, 9.17) is 4.74 Å². The average Bonchev–Trinajstić information content (AvgIpc) is 3.06. The van der Waals surface area contributed by atoms with Gasteiger partial charge in [-0.1, -0.05) is 24.3 Å². The molecule has 0 radical (unpaired) electrons. The number of ether oxygens (including phenoxy) is 1. The van der Waals surface area contributed by atoms with Gasteiger partial charge in [0.1, 0.15) is 0 Å². The molecule has 2 rings (SSSR count). The molecular formula is C16H24O2. The third-order valence-electron chi connectivity index (χ3n) is 3.95. The molecule has 1 aromatic carbocycles. The Morgan fingerprint density at radius 3 is 2.22 bits per heavy atom. The lowest BCUT2D eigenvalue weighted by atomic mass is 9.97. The highest BCUT2D eigenvalue weighted by Crippen LogP contribution is 2.38. The molecule has 1 saturated carbocycles. The van der Waals surface area contributed by atoms with Crippen LogP contribution < -0.4 is 0 Å². The Balaban J connectivity index is 1.87. The first-order chi connectivity index (χ1) is 8.42. The van der Waals surface area contributed by atoms with Crippen LogP contribution in [0.25, 0.3) is 0 Å². The predicted octanol–water partition coefficient (Wildman–Crippen LogP) is 3.11. The largest absolute Gasteiger partial charge is 0.390 e. The summed E-state index contributed by atoms with van der Waals surface area (Å²) in [7, 11) is 1.76. The molecule has 0 saturated heterocycles. The van der Waals surface area contributed by atoms with Crippen LogP contribution >= 0.6 is 0 Å². The number of benzene rings is 1. The second-order valence-corrected chi connectivity index (χ2v) is 6.18. The lowest BCUT2D eigenvalue weighted by Crippen LogP contribution is -2.22. The van der Waals surface area contributed by atoms with Crippen molar-refractivity contribution in [1.82, 2.24) is 0 Å². The van der Waals surface area contributed by atoms with E-state index >= 15 is 0 Å². The normalized spacial score (nSPS) is 17.8. The van der Waals surface area contributed by atoms with Gasteiger partial charge >= 0.3 is 0 Å². The quantitative estimate of drug-likeness (QED) is 0.838. The van der Waals surface area contributed by atoms with Gasteiger partial charge in [-0.3, -0.25) is 0 Å². The summed E-state index contributed by atoms with van der Waals surface area (Å²) in [5, 5.41) is 9.88. The van der Waals surface area contributed by atoms with Crippen molar-refractivity contribution in [3.05, 3.63) is 35.4 Å². The lowest BCUT2D eigenvalue weighted by Gasteiger charge is -2.22. The molecule has 18 heavy (non-hydrogen) atoms. The summed E-state index contributed by atoms with van der Waals surface area (Å²) in [6.07, 6.45) is 4.77. The molecule has 0 bridgehead atoms. The zero-order valence-corrected chi connectivity index (χ0v) is 11.7. The molecule has 2 heteroatoms. The molecule has 1 aliphatic carbocycles. The second-order valence-electron chi connectivity index (χ2n) is 6.18. The number of aryl methyl sites for hydroxylation is 1. The van der Waals surface area contributed by atoms with Crippen LogP contribution in [0.4, 0.5) is 0 Å². The SMILES string of the molecule is COC(C)(C)CCc1ccc(CC2(O)CC2)cc1. The molecule has 1 aromatic rings. The van der Waals surface area contributed by atoms with Gasteiger partial charge in [0, 0.05) is 13.5 Å². The van der Waals surface area contributed by atoms with E-state index < -0.39 is 0 Å². The fourth-order valence-corrected chi connectivity index (χ4v) is 2.07. The first-order valence-electron chi connectivity index (χ1n) is 6.78. The van der Waals surface area contributed by atoms with Crippen molar-refractivity contribution in [2.24, 2.45) is 0 Å². The Hall–Kier alpha value is -0.860. The van der Waals surface area contributed by atoms with Crippen LogP contribution in [0.15, 0.2) is 24.3 Å². The highest BCUT2D eigenvalue weighted by Gasteiger charge is 2.39. The summed E-state index contributed by atoms with van der Waals surface area (Å²) in [6, 6.07) is 8.64. The van der Waals surface area contributed by atoms with Gasteiger partial charge in [0.2, 0.25) is 0 Å². The molecular weight excluding hydrogens is 224 g/mol. The Bertz CT molecular complexity index is 388. The smallest absolute Gasteiger partial charge is 0.0690 e. The molecule has 100 valence electrons. The minimum atomic E-state index is -0.389. The first kappa shape index (κ1) is 13.6. The van der Waals surface area contributed by atoms with Gasteiger partial charge in [-0.25, -0.2) is 0 Å². The van der Waals surface area contributed by atoms with Crippen molar-refractivity contribution in [2.75, 3.05) is 7.11 Å². The van der Waals surface area contributed by atoms with Crippen LogP contribution in [-0.2, 0) is 17.6 Å². The summed E-state index contributed by atoms with van der Waals surface area (Å²) in [5.41, 5.74) is 2.14. The number of hydrogen-bond acceptors (Lipinski definition) is 2. The van der Waals surface area contributed by atoms with Gasteiger partial charge in [-0.2, -0.15) is 0 Å². The minimum absolute atomic E-state index is 0.0537. The van der Waals surface area contributed by atoms with Crippen molar-refractivity contribution < 1.29 is 9.84 Å². The van der Waals surface area contributed by atoms with Gasteiger partial charge in [-0.05, 0) is 50.7 Å². The average molecular weight is 248 g/mol. The zero-order chi connectivity index (χ0) is 13.2. The summed E-state index contributed by atoms with van der Waals surface area (Å²) < 4.78 is 5.42. The van der Waals surface area contributed by atoms with Crippen LogP contribution in [0.3, 0.4) is 0 Å². The third-order valence-corrected chi connectivity index (χ3v) is 3.95. The second kappa shape index (κ2) is 5.02. The van der Waals surface area contributed by atoms with Crippen LogP contribution in [0.2, 0.25) is 0 Å². The fraction of sp³-hybridized carbons (Fsp3) is 0.625. The Morgan fingerprint density at radius 2 is 1.72 bits per heavy atom. The van der Waals surface area contributed by atoms with Crippen LogP contribution in [0.5, 0.6) is 0 Å². The molecule has 0 aliphatic heterocycles.